The highest BCUT2D eigenvalue weighted by Gasteiger charge is 2.18. The molecule has 0 saturated carbocycles. The molecule has 1 aliphatic heterocycles. The zero-order chi connectivity index (χ0) is 13.1. The summed E-state index contributed by atoms with van der Waals surface area (Å²) >= 11 is 3.17. The van der Waals surface area contributed by atoms with Crippen molar-refractivity contribution in [3.8, 4) is 0 Å². The van der Waals surface area contributed by atoms with E-state index in [0.717, 1.165) is 12.2 Å². The molecule has 3 nitrogen and oxygen atoms in total. The minimum atomic E-state index is -0.328. The van der Waals surface area contributed by atoms with Crippen LogP contribution in [-0.2, 0) is 0 Å². The molecule has 1 aromatic rings. The van der Waals surface area contributed by atoms with E-state index in [2.05, 4.69) is 33.1 Å². The Morgan fingerprint density at radius 1 is 1.44 bits per heavy atom. The van der Waals surface area contributed by atoms with Crippen molar-refractivity contribution in [2.24, 2.45) is 0 Å². The lowest BCUT2D eigenvalue weighted by Gasteiger charge is -2.24. The van der Waals surface area contributed by atoms with Gasteiger partial charge in [-0.2, -0.15) is 0 Å². The minimum absolute atomic E-state index is 0.328. The number of hydrogen-bond acceptors (Lipinski definition) is 3. The van der Waals surface area contributed by atoms with Crippen LogP contribution in [0.15, 0.2) is 16.6 Å². The molecule has 0 aliphatic carbocycles. The second-order valence-corrected chi connectivity index (χ2v) is 5.68. The van der Waals surface area contributed by atoms with Gasteiger partial charge in [-0.3, -0.25) is 4.90 Å². The van der Waals surface area contributed by atoms with Gasteiger partial charge < -0.3 is 11.1 Å². The topological polar surface area (TPSA) is 41.3 Å². The number of nitrogens with zero attached hydrogens (tertiary/aromatic N) is 1. The summed E-state index contributed by atoms with van der Waals surface area (Å²) in [4.78, 5) is 2.46. The van der Waals surface area contributed by atoms with Crippen LogP contribution in [-0.4, -0.2) is 30.6 Å². The molecule has 1 aromatic carbocycles. The second kappa shape index (κ2) is 5.89. The van der Waals surface area contributed by atoms with E-state index in [1.165, 1.54) is 32.0 Å². The van der Waals surface area contributed by atoms with E-state index in [9.17, 15) is 4.39 Å². The van der Waals surface area contributed by atoms with Crippen molar-refractivity contribution in [3.63, 3.8) is 0 Å². The standard InChI is InChI=1S/C13H19BrFN3/c1-9(18-4-2-3-5-18)8-17-13-6-10(14)11(15)7-12(13)16/h6-7,9,17H,2-5,8,16H2,1H3. The van der Waals surface area contributed by atoms with Gasteiger partial charge in [0.2, 0.25) is 0 Å². The number of likely N-dealkylation sites (tertiary alicyclic amines) is 1. The van der Waals surface area contributed by atoms with Crippen LogP contribution in [0.1, 0.15) is 19.8 Å². The van der Waals surface area contributed by atoms with Crippen LogP contribution < -0.4 is 11.1 Å². The fourth-order valence-corrected chi connectivity index (χ4v) is 2.63. The van der Waals surface area contributed by atoms with Crippen LogP contribution in [0.5, 0.6) is 0 Å². The first-order valence-corrected chi connectivity index (χ1v) is 7.09. The van der Waals surface area contributed by atoms with Gasteiger partial charge in [0.05, 0.1) is 15.8 Å². The Balaban J connectivity index is 1.95. The van der Waals surface area contributed by atoms with Gasteiger partial charge in [-0.1, -0.05) is 0 Å². The van der Waals surface area contributed by atoms with Gasteiger partial charge in [0, 0.05) is 18.7 Å². The first-order valence-electron chi connectivity index (χ1n) is 6.30. The molecule has 1 unspecified atom stereocenters. The Bertz CT molecular complexity index is 419. The molecule has 0 aromatic heterocycles. The number of nitrogens with one attached hydrogen (secondary N) is 1. The average Bonchev–Trinajstić information content (AvgIpc) is 2.85. The molecule has 2 rings (SSSR count). The number of halogens is 2. The highest BCUT2D eigenvalue weighted by atomic mass is 79.9. The summed E-state index contributed by atoms with van der Waals surface area (Å²) in [5.74, 6) is -0.328. The molecule has 100 valence electrons. The molecule has 1 saturated heterocycles. The minimum Gasteiger partial charge on any atom is -0.397 e. The Morgan fingerprint density at radius 3 is 2.78 bits per heavy atom. The first-order chi connectivity index (χ1) is 8.58. The van der Waals surface area contributed by atoms with Crippen LogP contribution in [0.4, 0.5) is 15.8 Å². The van der Waals surface area contributed by atoms with Crippen LogP contribution >= 0.6 is 15.9 Å². The van der Waals surface area contributed by atoms with Crippen molar-refractivity contribution in [1.29, 1.82) is 0 Å². The Kier molecular flexibility index (Phi) is 4.45. The summed E-state index contributed by atoms with van der Waals surface area (Å²) < 4.78 is 13.7. The molecule has 3 N–H and O–H groups in total. The number of hydrogen-bond donors (Lipinski definition) is 2. The van der Waals surface area contributed by atoms with E-state index in [0.29, 0.717) is 16.2 Å². The van der Waals surface area contributed by atoms with Gasteiger partial charge >= 0.3 is 0 Å². The van der Waals surface area contributed by atoms with Crippen LogP contribution in [0.3, 0.4) is 0 Å². The highest BCUT2D eigenvalue weighted by Crippen LogP contribution is 2.26. The Labute approximate surface area is 116 Å². The monoisotopic (exact) mass is 315 g/mol. The van der Waals surface area contributed by atoms with Crippen LogP contribution in [0, 0.1) is 5.82 Å². The number of anilines is 2. The van der Waals surface area contributed by atoms with Crippen molar-refractivity contribution in [1.82, 2.24) is 4.90 Å². The number of rotatable bonds is 4. The Morgan fingerprint density at radius 2 is 2.11 bits per heavy atom. The van der Waals surface area contributed by atoms with E-state index in [4.69, 9.17) is 5.73 Å². The summed E-state index contributed by atoms with van der Waals surface area (Å²) in [5.41, 5.74) is 7.03. The molecular weight excluding hydrogens is 297 g/mol. The fraction of sp³-hybridized carbons (Fsp3) is 0.538. The lowest BCUT2D eigenvalue weighted by molar-refractivity contribution is 0.269. The van der Waals surface area contributed by atoms with Gasteiger partial charge in [0.1, 0.15) is 5.82 Å². The van der Waals surface area contributed by atoms with E-state index in [1.54, 1.807) is 6.07 Å². The normalized spacial score (nSPS) is 17.9. The molecule has 1 fully saturated rings. The predicted octanol–water partition coefficient (Wildman–Crippen LogP) is 3.07. The Hall–Kier alpha value is -0.810. The molecule has 0 amide bonds. The number of benzene rings is 1. The van der Waals surface area contributed by atoms with Crippen molar-refractivity contribution in [2.75, 3.05) is 30.7 Å². The van der Waals surface area contributed by atoms with E-state index < -0.39 is 0 Å². The average molecular weight is 316 g/mol. The second-order valence-electron chi connectivity index (χ2n) is 4.83. The summed E-state index contributed by atoms with van der Waals surface area (Å²) in [6, 6.07) is 3.50. The third-order valence-corrected chi connectivity index (χ3v) is 4.05. The maximum Gasteiger partial charge on any atom is 0.139 e. The molecule has 5 heteroatoms. The van der Waals surface area contributed by atoms with Gasteiger partial charge in [-0.05, 0) is 54.9 Å². The molecule has 0 bridgehead atoms. The molecule has 0 radical (unpaired) electrons. The largest absolute Gasteiger partial charge is 0.397 e. The summed E-state index contributed by atoms with van der Waals surface area (Å²) in [6.07, 6.45) is 2.57. The van der Waals surface area contributed by atoms with E-state index in [-0.39, 0.29) is 5.82 Å². The van der Waals surface area contributed by atoms with Gasteiger partial charge in [-0.25, -0.2) is 4.39 Å². The summed E-state index contributed by atoms with van der Waals surface area (Å²) in [5, 5.41) is 3.29. The number of nitrogen functional groups attached to an aromatic ring is 1. The molecule has 1 heterocycles. The number of nitrogens with two attached hydrogens (primary N) is 1. The smallest absolute Gasteiger partial charge is 0.139 e. The van der Waals surface area contributed by atoms with E-state index in [1.807, 2.05) is 0 Å². The molecule has 1 aliphatic rings. The third kappa shape index (κ3) is 3.14. The van der Waals surface area contributed by atoms with Crippen molar-refractivity contribution in [2.45, 2.75) is 25.8 Å². The predicted molar refractivity (Wildman–Crippen MR) is 77.3 cm³/mol. The van der Waals surface area contributed by atoms with Crippen molar-refractivity contribution in [3.05, 3.63) is 22.4 Å². The maximum atomic E-state index is 13.2. The van der Waals surface area contributed by atoms with Crippen molar-refractivity contribution < 1.29 is 4.39 Å². The highest BCUT2D eigenvalue weighted by molar-refractivity contribution is 9.10. The lowest BCUT2D eigenvalue weighted by atomic mass is 10.2. The van der Waals surface area contributed by atoms with Gasteiger partial charge in [0.15, 0.2) is 0 Å². The zero-order valence-electron chi connectivity index (χ0n) is 10.5. The van der Waals surface area contributed by atoms with Crippen LogP contribution in [0.2, 0.25) is 0 Å². The SMILES string of the molecule is CC(CNc1cc(Br)c(F)cc1N)N1CCCC1. The first kappa shape index (κ1) is 13.6. The molecule has 1 atom stereocenters. The molecular formula is C13H19BrFN3. The third-order valence-electron chi connectivity index (χ3n) is 3.44. The summed E-state index contributed by atoms with van der Waals surface area (Å²) in [7, 11) is 0. The quantitative estimate of drug-likeness (QED) is 0.839. The fourth-order valence-electron chi connectivity index (χ4n) is 2.28. The van der Waals surface area contributed by atoms with Crippen molar-refractivity contribution >= 4 is 27.3 Å². The molecule has 0 spiro atoms. The van der Waals surface area contributed by atoms with Gasteiger partial charge in [0.25, 0.3) is 0 Å². The van der Waals surface area contributed by atoms with E-state index >= 15 is 0 Å². The maximum absolute atomic E-state index is 13.2. The lowest BCUT2D eigenvalue weighted by Crippen LogP contribution is -2.35. The summed E-state index contributed by atoms with van der Waals surface area (Å²) in [6.45, 7) is 5.37. The van der Waals surface area contributed by atoms with Crippen LogP contribution in [0.25, 0.3) is 0 Å². The zero-order valence-corrected chi connectivity index (χ0v) is 12.1. The van der Waals surface area contributed by atoms with Gasteiger partial charge in [-0.15, -0.1) is 0 Å². The molecule has 18 heavy (non-hydrogen) atoms.